The van der Waals surface area contributed by atoms with E-state index in [4.69, 9.17) is 11.6 Å². The molecule has 7 nitrogen and oxygen atoms in total. The number of benzene rings is 2. The van der Waals surface area contributed by atoms with Gasteiger partial charge < -0.3 is 9.80 Å². The first-order valence-corrected chi connectivity index (χ1v) is 10.4. The van der Waals surface area contributed by atoms with Crippen molar-refractivity contribution in [3.8, 4) is 0 Å². The minimum absolute atomic E-state index is 0.00746. The Bertz CT molecular complexity index is 897. The molecule has 1 unspecified atom stereocenters. The minimum Gasteiger partial charge on any atom is -0.338 e. The lowest BCUT2D eigenvalue weighted by atomic mass is 10.2. The number of piperazine rings is 1. The van der Waals surface area contributed by atoms with Crippen molar-refractivity contribution >= 4 is 40.9 Å². The summed E-state index contributed by atoms with van der Waals surface area (Å²) in [6.07, 6.45) is 0. The molecule has 29 heavy (non-hydrogen) atoms. The van der Waals surface area contributed by atoms with Crippen LogP contribution in [0, 0.1) is 10.1 Å². The molecule has 2 aromatic rings. The second kappa shape index (κ2) is 9.28. The zero-order chi connectivity index (χ0) is 21.0. The topological polar surface area (TPSA) is 83.8 Å². The zero-order valence-electron chi connectivity index (χ0n) is 15.8. The molecule has 9 heteroatoms. The van der Waals surface area contributed by atoms with Crippen LogP contribution in [0.5, 0.6) is 0 Å². The van der Waals surface area contributed by atoms with E-state index < -0.39 is 4.92 Å². The maximum atomic E-state index is 12.7. The highest BCUT2D eigenvalue weighted by atomic mass is 35.5. The van der Waals surface area contributed by atoms with Gasteiger partial charge in [-0.2, -0.15) is 0 Å². The third-order valence-electron chi connectivity index (χ3n) is 4.68. The number of carbonyl (C=O) groups is 2. The summed E-state index contributed by atoms with van der Waals surface area (Å²) in [5.41, 5.74) is 0.603. The third-order valence-corrected chi connectivity index (χ3v) is 6.03. The number of thioether (sulfide) groups is 1. The van der Waals surface area contributed by atoms with E-state index in [0.717, 1.165) is 4.90 Å². The molecule has 2 amide bonds. The number of nitro groups is 1. The molecule has 0 spiro atoms. The second-order valence-corrected chi connectivity index (χ2v) is 8.49. The minimum atomic E-state index is -0.451. The van der Waals surface area contributed by atoms with E-state index in [0.29, 0.717) is 36.8 Å². The monoisotopic (exact) mass is 433 g/mol. The number of non-ortho nitro benzene ring substituents is 1. The molecule has 0 aromatic heterocycles. The summed E-state index contributed by atoms with van der Waals surface area (Å²) in [5, 5.41) is 11.0. The fourth-order valence-corrected chi connectivity index (χ4v) is 4.14. The Balaban J connectivity index is 1.53. The summed E-state index contributed by atoms with van der Waals surface area (Å²) >= 11 is 7.23. The van der Waals surface area contributed by atoms with Gasteiger partial charge in [-0.05, 0) is 43.3 Å². The standard InChI is InChI=1S/C20H20ClN3O4S/c1-14(29-18-8-6-17(7-9-18)24(27)28)19(25)22-10-12-23(13-11-22)20(26)15-2-4-16(21)5-3-15/h2-9,14H,10-13H2,1H3. The Hall–Kier alpha value is -2.58. The van der Waals surface area contributed by atoms with Crippen LogP contribution in [0.25, 0.3) is 0 Å². The molecule has 0 N–H and O–H groups in total. The molecular weight excluding hydrogens is 414 g/mol. The Kier molecular flexibility index (Phi) is 6.76. The molecule has 0 radical (unpaired) electrons. The van der Waals surface area contributed by atoms with Crippen LogP contribution in [0.2, 0.25) is 5.02 Å². The van der Waals surface area contributed by atoms with Crippen molar-refractivity contribution in [2.45, 2.75) is 17.1 Å². The lowest BCUT2D eigenvalue weighted by Crippen LogP contribution is -2.52. The van der Waals surface area contributed by atoms with Gasteiger partial charge in [-0.3, -0.25) is 19.7 Å². The third kappa shape index (κ3) is 5.27. The molecule has 1 fully saturated rings. The number of nitrogens with zero attached hydrogens (tertiary/aromatic N) is 3. The highest BCUT2D eigenvalue weighted by molar-refractivity contribution is 8.00. The van der Waals surface area contributed by atoms with Gasteiger partial charge in [-0.25, -0.2) is 0 Å². The van der Waals surface area contributed by atoms with Gasteiger partial charge in [0.25, 0.3) is 11.6 Å². The van der Waals surface area contributed by atoms with Crippen LogP contribution in [0.3, 0.4) is 0 Å². The number of carbonyl (C=O) groups excluding carboxylic acids is 2. The van der Waals surface area contributed by atoms with Crippen LogP contribution < -0.4 is 0 Å². The van der Waals surface area contributed by atoms with Crippen LogP contribution in [0.1, 0.15) is 17.3 Å². The van der Waals surface area contributed by atoms with Crippen molar-refractivity contribution in [2.24, 2.45) is 0 Å². The van der Waals surface area contributed by atoms with E-state index in [2.05, 4.69) is 0 Å². The molecule has 1 atom stereocenters. The number of halogens is 1. The van der Waals surface area contributed by atoms with Crippen molar-refractivity contribution in [1.29, 1.82) is 0 Å². The average Bonchev–Trinajstić information content (AvgIpc) is 2.73. The van der Waals surface area contributed by atoms with E-state index in [1.54, 1.807) is 46.2 Å². The fraction of sp³-hybridized carbons (Fsp3) is 0.300. The second-order valence-electron chi connectivity index (χ2n) is 6.64. The fourth-order valence-electron chi connectivity index (χ4n) is 3.06. The quantitative estimate of drug-likeness (QED) is 0.407. The predicted octanol–water partition coefficient (Wildman–Crippen LogP) is 3.71. The van der Waals surface area contributed by atoms with E-state index in [-0.39, 0.29) is 22.8 Å². The summed E-state index contributed by atoms with van der Waals surface area (Å²) in [6, 6.07) is 12.9. The van der Waals surface area contributed by atoms with Crippen LogP contribution in [0.15, 0.2) is 53.4 Å². The van der Waals surface area contributed by atoms with Crippen LogP contribution in [-0.2, 0) is 4.79 Å². The van der Waals surface area contributed by atoms with Gasteiger partial charge in [0.05, 0.1) is 10.2 Å². The zero-order valence-corrected chi connectivity index (χ0v) is 17.4. The van der Waals surface area contributed by atoms with Crippen LogP contribution in [0.4, 0.5) is 5.69 Å². The summed E-state index contributed by atoms with van der Waals surface area (Å²) < 4.78 is 0. The molecule has 1 saturated heterocycles. The molecule has 0 saturated carbocycles. The molecule has 1 aliphatic heterocycles. The van der Waals surface area contributed by atoms with Gasteiger partial charge >= 0.3 is 0 Å². The highest BCUT2D eigenvalue weighted by Crippen LogP contribution is 2.27. The van der Waals surface area contributed by atoms with E-state index >= 15 is 0 Å². The number of nitro benzene ring substituents is 1. The van der Waals surface area contributed by atoms with Crippen molar-refractivity contribution in [2.75, 3.05) is 26.2 Å². The van der Waals surface area contributed by atoms with E-state index in [9.17, 15) is 19.7 Å². The largest absolute Gasteiger partial charge is 0.338 e. The summed E-state index contributed by atoms with van der Waals surface area (Å²) in [7, 11) is 0. The van der Waals surface area contributed by atoms with Crippen LogP contribution >= 0.6 is 23.4 Å². The van der Waals surface area contributed by atoms with Crippen molar-refractivity contribution in [3.63, 3.8) is 0 Å². The molecule has 0 bridgehead atoms. The molecule has 152 valence electrons. The van der Waals surface area contributed by atoms with E-state index in [1.807, 2.05) is 6.92 Å². The van der Waals surface area contributed by atoms with Gasteiger partial charge in [0.2, 0.25) is 5.91 Å². The average molecular weight is 434 g/mol. The Morgan fingerprint density at radius 2 is 1.55 bits per heavy atom. The normalized spacial score (nSPS) is 15.1. The first-order chi connectivity index (χ1) is 13.8. The number of rotatable bonds is 5. The lowest BCUT2D eigenvalue weighted by molar-refractivity contribution is -0.384. The summed E-state index contributed by atoms with van der Waals surface area (Å²) in [6.45, 7) is 3.72. The van der Waals surface area contributed by atoms with Crippen molar-refractivity contribution in [3.05, 3.63) is 69.2 Å². The summed E-state index contributed by atoms with van der Waals surface area (Å²) in [5.74, 6) is -0.0750. The first kappa shape index (κ1) is 21.1. The lowest BCUT2D eigenvalue weighted by Gasteiger charge is -2.36. The number of amides is 2. The molecule has 2 aromatic carbocycles. The molecule has 0 aliphatic carbocycles. The molecule has 1 heterocycles. The van der Waals surface area contributed by atoms with Crippen molar-refractivity contribution < 1.29 is 14.5 Å². The summed E-state index contributed by atoms with van der Waals surface area (Å²) in [4.78, 5) is 39.9. The number of hydrogen-bond acceptors (Lipinski definition) is 5. The molecule has 1 aliphatic rings. The predicted molar refractivity (Wildman–Crippen MR) is 112 cm³/mol. The van der Waals surface area contributed by atoms with E-state index in [1.165, 1.54) is 23.9 Å². The maximum absolute atomic E-state index is 12.7. The van der Waals surface area contributed by atoms with Gasteiger partial charge in [-0.15, -0.1) is 11.8 Å². The Morgan fingerprint density at radius 3 is 2.10 bits per heavy atom. The molecular formula is C20H20ClN3O4S. The van der Waals surface area contributed by atoms with Gasteiger partial charge in [0.1, 0.15) is 0 Å². The maximum Gasteiger partial charge on any atom is 0.269 e. The SMILES string of the molecule is CC(Sc1ccc([N+](=O)[O-])cc1)C(=O)N1CCN(C(=O)c2ccc(Cl)cc2)CC1. The van der Waals surface area contributed by atoms with Crippen molar-refractivity contribution in [1.82, 2.24) is 9.80 Å². The first-order valence-electron chi connectivity index (χ1n) is 9.10. The number of hydrogen-bond donors (Lipinski definition) is 0. The van der Waals surface area contributed by atoms with Gasteiger partial charge in [-0.1, -0.05) is 11.6 Å². The Morgan fingerprint density at radius 1 is 1.00 bits per heavy atom. The van der Waals surface area contributed by atoms with Gasteiger partial charge in [0.15, 0.2) is 0 Å². The molecule has 3 rings (SSSR count). The smallest absolute Gasteiger partial charge is 0.269 e. The van der Waals surface area contributed by atoms with Crippen LogP contribution in [-0.4, -0.2) is 58.0 Å². The van der Waals surface area contributed by atoms with Gasteiger partial charge in [0, 0.05) is 53.8 Å². The Labute approximate surface area is 177 Å². The highest BCUT2D eigenvalue weighted by Gasteiger charge is 2.28.